The summed E-state index contributed by atoms with van der Waals surface area (Å²) in [6, 6.07) is 14.2. The first kappa shape index (κ1) is 20.0. The number of carbonyl (C=O) groups excluding carboxylic acids is 1. The van der Waals surface area contributed by atoms with E-state index >= 15 is 0 Å². The van der Waals surface area contributed by atoms with Crippen LogP contribution in [0.1, 0.15) is 30.9 Å². The average molecular weight is 370 g/mol. The predicted octanol–water partition coefficient (Wildman–Crippen LogP) is 2.80. The van der Waals surface area contributed by atoms with Gasteiger partial charge in [0.1, 0.15) is 11.5 Å². The third kappa shape index (κ3) is 7.19. The minimum absolute atomic E-state index is 0.139. The largest absolute Gasteiger partial charge is 0.484 e. The van der Waals surface area contributed by atoms with E-state index in [-0.39, 0.29) is 12.5 Å². The summed E-state index contributed by atoms with van der Waals surface area (Å²) < 4.78 is 10.4. The summed E-state index contributed by atoms with van der Waals surface area (Å²) in [4.78, 5) is 22.2. The number of ether oxygens (including phenoxy) is 2. The van der Waals surface area contributed by atoms with Crippen LogP contribution < -0.4 is 14.9 Å². The fourth-order valence-corrected chi connectivity index (χ4v) is 2.10. The number of nitrogens with one attached hydrogen (secondary N) is 1. The van der Waals surface area contributed by atoms with Crippen LogP contribution in [0.15, 0.2) is 53.6 Å². The molecule has 0 spiro atoms. The monoisotopic (exact) mass is 370 g/mol. The van der Waals surface area contributed by atoms with Gasteiger partial charge >= 0.3 is 5.97 Å². The molecule has 0 bridgehead atoms. The summed E-state index contributed by atoms with van der Waals surface area (Å²) in [5.41, 5.74) is 4.31. The molecular weight excluding hydrogens is 348 g/mol. The van der Waals surface area contributed by atoms with Gasteiger partial charge in [0, 0.05) is 0 Å². The lowest BCUT2D eigenvalue weighted by molar-refractivity contribution is -0.139. The maximum Gasteiger partial charge on any atom is 0.341 e. The molecule has 1 amide bonds. The molecule has 2 aromatic rings. The van der Waals surface area contributed by atoms with E-state index in [1.165, 1.54) is 11.8 Å². The average Bonchev–Trinajstić information content (AvgIpc) is 2.66. The van der Waals surface area contributed by atoms with Crippen LogP contribution in [0.3, 0.4) is 0 Å². The third-order valence-electron chi connectivity index (χ3n) is 3.56. The van der Waals surface area contributed by atoms with Gasteiger partial charge in [0.15, 0.2) is 13.2 Å². The number of benzene rings is 2. The fourth-order valence-electron chi connectivity index (χ4n) is 2.10. The van der Waals surface area contributed by atoms with Gasteiger partial charge in [-0.3, -0.25) is 4.79 Å². The summed E-state index contributed by atoms with van der Waals surface area (Å²) in [6.07, 6.45) is 1.47. The van der Waals surface area contributed by atoms with Crippen LogP contribution in [0, 0.1) is 0 Å². The zero-order valence-corrected chi connectivity index (χ0v) is 15.2. The standard InChI is InChI=1S/C20H22N2O5/c1-14(2)16-5-9-18(10-6-16)26-12-19(23)22-21-11-15-3-7-17(8-4-15)27-13-20(24)25/h3-11,14H,12-13H2,1-2H3,(H,22,23)(H,24,25). The first-order valence-electron chi connectivity index (χ1n) is 8.43. The van der Waals surface area contributed by atoms with Gasteiger partial charge in [-0.25, -0.2) is 10.2 Å². The van der Waals surface area contributed by atoms with Crippen LogP contribution in [-0.4, -0.2) is 36.4 Å². The van der Waals surface area contributed by atoms with Crippen molar-refractivity contribution < 1.29 is 24.2 Å². The molecule has 2 aromatic carbocycles. The van der Waals surface area contributed by atoms with Crippen LogP contribution >= 0.6 is 0 Å². The molecule has 142 valence electrons. The second-order valence-corrected chi connectivity index (χ2v) is 6.06. The minimum Gasteiger partial charge on any atom is -0.484 e. The summed E-state index contributed by atoms with van der Waals surface area (Å²) >= 11 is 0. The van der Waals surface area contributed by atoms with Gasteiger partial charge in [-0.05, 0) is 53.4 Å². The van der Waals surface area contributed by atoms with Gasteiger partial charge < -0.3 is 14.6 Å². The van der Waals surface area contributed by atoms with E-state index in [0.717, 1.165) is 5.56 Å². The lowest BCUT2D eigenvalue weighted by Crippen LogP contribution is -2.24. The van der Waals surface area contributed by atoms with Crippen LogP contribution in [0.2, 0.25) is 0 Å². The highest BCUT2D eigenvalue weighted by Crippen LogP contribution is 2.18. The van der Waals surface area contributed by atoms with Crippen LogP contribution in [0.25, 0.3) is 0 Å². The molecule has 0 saturated heterocycles. The molecular formula is C20H22N2O5. The smallest absolute Gasteiger partial charge is 0.341 e. The second-order valence-electron chi connectivity index (χ2n) is 6.06. The molecule has 7 heteroatoms. The zero-order chi connectivity index (χ0) is 19.6. The highest BCUT2D eigenvalue weighted by atomic mass is 16.5. The second kappa shape index (κ2) is 9.96. The Kier molecular flexibility index (Phi) is 7.37. The molecule has 0 fully saturated rings. The van der Waals surface area contributed by atoms with Gasteiger partial charge in [-0.2, -0.15) is 5.10 Å². The highest BCUT2D eigenvalue weighted by molar-refractivity contribution is 5.83. The Morgan fingerprint density at radius 2 is 1.56 bits per heavy atom. The fraction of sp³-hybridized carbons (Fsp3) is 0.250. The zero-order valence-electron chi connectivity index (χ0n) is 15.2. The van der Waals surface area contributed by atoms with Crippen LogP contribution in [0.5, 0.6) is 11.5 Å². The van der Waals surface area contributed by atoms with Gasteiger partial charge in [0.25, 0.3) is 5.91 Å². The first-order chi connectivity index (χ1) is 12.9. The number of hydrogen-bond acceptors (Lipinski definition) is 5. The molecule has 0 saturated carbocycles. The van der Waals surface area contributed by atoms with Crippen molar-refractivity contribution >= 4 is 18.1 Å². The Morgan fingerprint density at radius 1 is 1.00 bits per heavy atom. The molecule has 2 N–H and O–H groups in total. The van der Waals surface area contributed by atoms with E-state index in [4.69, 9.17) is 14.6 Å². The lowest BCUT2D eigenvalue weighted by Gasteiger charge is -2.08. The molecule has 2 rings (SSSR count). The van der Waals surface area contributed by atoms with E-state index in [2.05, 4.69) is 24.4 Å². The molecule has 0 aliphatic heterocycles. The van der Waals surface area contributed by atoms with Crippen molar-refractivity contribution in [2.75, 3.05) is 13.2 Å². The van der Waals surface area contributed by atoms with E-state index in [1.54, 1.807) is 24.3 Å². The summed E-state index contributed by atoms with van der Waals surface area (Å²) in [6.45, 7) is 3.68. The van der Waals surface area contributed by atoms with Crippen molar-refractivity contribution in [3.8, 4) is 11.5 Å². The van der Waals surface area contributed by atoms with Crippen LogP contribution in [-0.2, 0) is 9.59 Å². The van der Waals surface area contributed by atoms with Crippen molar-refractivity contribution in [2.24, 2.45) is 5.10 Å². The third-order valence-corrected chi connectivity index (χ3v) is 3.56. The number of hydrazone groups is 1. The number of amides is 1. The molecule has 0 unspecified atom stereocenters. The maximum atomic E-state index is 11.8. The highest BCUT2D eigenvalue weighted by Gasteiger charge is 2.03. The molecule has 7 nitrogen and oxygen atoms in total. The van der Waals surface area contributed by atoms with Gasteiger partial charge in [-0.1, -0.05) is 26.0 Å². The summed E-state index contributed by atoms with van der Waals surface area (Å²) in [5.74, 6) is 0.0856. The Hall–Kier alpha value is -3.35. The van der Waals surface area contributed by atoms with Crippen molar-refractivity contribution in [1.29, 1.82) is 0 Å². The van der Waals surface area contributed by atoms with Crippen molar-refractivity contribution in [2.45, 2.75) is 19.8 Å². The number of rotatable bonds is 9. The number of carboxylic acids is 1. The summed E-state index contributed by atoms with van der Waals surface area (Å²) in [5, 5.41) is 12.4. The van der Waals surface area contributed by atoms with Gasteiger partial charge in [0.2, 0.25) is 0 Å². The minimum atomic E-state index is -1.04. The Morgan fingerprint density at radius 3 is 2.11 bits per heavy atom. The number of aliphatic carboxylic acids is 1. The SMILES string of the molecule is CC(C)c1ccc(OCC(=O)NN=Cc2ccc(OCC(=O)O)cc2)cc1. The molecule has 0 aliphatic carbocycles. The lowest BCUT2D eigenvalue weighted by atomic mass is 10.0. The predicted molar refractivity (Wildman–Crippen MR) is 101 cm³/mol. The molecule has 0 radical (unpaired) electrons. The maximum absolute atomic E-state index is 11.8. The Bertz CT molecular complexity index is 783. The molecule has 0 atom stereocenters. The van der Waals surface area contributed by atoms with E-state index in [9.17, 15) is 9.59 Å². The van der Waals surface area contributed by atoms with Crippen molar-refractivity contribution in [3.05, 3.63) is 59.7 Å². The normalized spacial score (nSPS) is 10.8. The number of carboxylic acid groups (broad SMARTS) is 1. The number of carbonyl (C=O) groups is 2. The number of nitrogens with zero attached hydrogens (tertiary/aromatic N) is 1. The molecule has 0 aliphatic rings. The van der Waals surface area contributed by atoms with E-state index in [0.29, 0.717) is 17.4 Å². The molecule has 27 heavy (non-hydrogen) atoms. The number of hydrogen-bond donors (Lipinski definition) is 2. The van der Waals surface area contributed by atoms with Crippen LogP contribution in [0.4, 0.5) is 0 Å². The van der Waals surface area contributed by atoms with Gasteiger partial charge in [-0.15, -0.1) is 0 Å². The van der Waals surface area contributed by atoms with Crippen molar-refractivity contribution in [1.82, 2.24) is 5.43 Å². The topological polar surface area (TPSA) is 97.2 Å². The molecule has 0 heterocycles. The van der Waals surface area contributed by atoms with Gasteiger partial charge in [0.05, 0.1) is 6.21 Å². The molecule has 0 aromatic heterocycles. The van der Waals surface area contributed by atoms with E-state index in [1.807, 2.05) is 24.3 Å². The quantitative estimate of drug-likeness (QED) is 0.523. The first-order valence-corrected chi connectivity index (χ1v) is 8.43. The van der Waals surface area contributed by atoms with E-state index < -0.39 is 12.6 Å². The Balaban J connectivity index is 1.75. The van der Waals surface area contributed by atoms with Crippen molar-refractivity contribution in [3.63, 3.8) is 0 Å². The summed E-state index contributed by atoms with van der Waals surface area (Å²) in [7, 11) is 0. The Labute approximate surface area is 157 Å².